The number of hydrogen-bond acceptors (Lipinski definition) is 5. The second-order valence-electron chi connectivity index (χ2n) is 3.10. The molecule has 0 bridgehead atoms. The highest BCUT2D eigenvalue weighted by atomic mass is 32.2. The average molecular weight is 251 g/mol. The van der Waals surface area contributed by atoms with Gasteiger partial charge < -0.3 is 0 Å². The van der Waals surface area contributed by atoms with E-state index in [9.17, 15) is 0 Å². The fraction of sp³-hybridized carbons (Fsp3) is 0.364. The first-order chi connectivity index (χ1) is 7.85. The topological polar surface area (TPSA) is 38.7 Å². The van der Waals surface area contributed by atoms with Crippen molar-refractivity contribution in [2.45, 2.75) is 23.8 Å². The van der Waals surface area contributed by atoms with Crippen LogP contribution < -0.4 is 0 Å². The van der Waals surface area contributed by atoms with Crippen molar-refractivity contribution < 1.29 is 0 Å². The van der Waals surface area contributed by atoms with Gasteiger partial charge in [0.25, 0.3) is 0 Å². The Kier molecular flexibility index (Phi) is 4.01. The summed E-state index contributed by atoms with van der Waals surface area (Å²) in [6.07, 6.45) is 1.71. The molecule has 0 N–H and O–H groups in total. The summed E-state index contributed by atoms with van der Waals surface area (Å²) in [4.78, 5) is 5.80. The molecule has 0 aromatic carbocycles. The quantitative estimate of drug-likeness (QED) is 0.780. The van der Waals surface area contributed by atoms with Gasteiger partial charge in [-0.05, 0) is 23.6 Å². The molecule has 84 valence electrons. The highest BCUT2D eigenvalue weighted by Gasteiger charge is 2.07. The lowest BCUT2D eigenvalue weighted by Gasteiger charge is -2.07. The van der Waals surface area contributed by atoms with Crippen molar-refractivity contribution in [3.05, 3.63) is 18.3 Å². The molecular weight excluding hydrogens is 238 g/mol. The van der Waals surface area contributed by atoms with Crippen molar-refractivity contribution in [1.82, 2.24) is 15.2 Å². The van der Waals surface area contributed by atoms with Crippen LogP contribution in [-0.4, -0.2) is 26.7 Å². The van der Waals surface area contributed by atoms with Crippen LogP contribution in [0.25, 0.3) is 11.0 Å². The molecule has 0 aliphatic carbocycles. The third kappa shape index (κ3) is 2.47. The lowest BCUT2D eigenvalue weighted by Crippen LogP contribution is -1.92. The molecule has 0 aliphatic rings. The van der Waals surface area contributed by atoms with Crippen molar-refractivity contribution in [3.8, 4) is 0 Å². The Hall–Kier alpha value is -0.810. The van der Waals surface area contributed by atoms with Gasteiger partial charge in [-0.1, -0.05) is 13.8 Å². The Balaban J connectivity index is 2.51. The second-order valence-corrected chi connectivity index (χ2v) is 5.66. The summed E-state index contributed by atoms with van der Waals surface area (Å²) in [5, 5.41) is 10.0. The van der Waals surface area contributed by atoms with Gasteiger partial charge >= 0.3 is 0 Å². The van der Waals surface area contributed by atoms with Crippen LogP contribution in [0.4, 0.5) is 0 Å². The fourth-order valence-corrected chi connectivity index (χ4v) is 3.06. The van der Waals surface area contributed by atoms with E-state index in [0.717, 1.165) is 27.6 Å². The number of nitrogens with zero attached hydrogens (tertiary/aromatic N) is 3. The monoisotopic (exact) mass is 251 g/mol. The van der Waals surface area contributed by atoms with E-state index in [2.05, 4.69) is 35.1 Å². The lowest BCUT2D eigenvalue weighted by molar-refractivity contribution is 0.993. The molecule has 0 saturated carbocycles. The van der Waals surface area contributed by atoms with Gasteiger partial charge in [0.05, 0.1) is 6.20 Å². The molecular formula is C11H13N3S2. The van der Waals surface area contributed by atoms with Crippen LogP contribution in [0.5, 0.6) is 0 Å². The molecule has 16 heavy (non-hydrogen) atoms. The van der Waals surface area contributed by atoms with E-state index >= 15 is 0 Å². The van der Waals surface area contributed by atoms with E-state index in [1.165, 1.54) is 4.90 Å². The average Bonchev–Trinajstić information content (AvgIpc) is 2.30. The van der Waals surface area contributed by atoms with Gasteiger partial charge in [0.1, 0.15) is 5.03 Å². The van der Waals surface area contributed by atoms with Crippen molar-refractivity contribution >= 4 is 34.6 Å². The highest BCUT2D eigenvalue weighted by molar-refractivity contribution is 8.02. The van der Waals surface area contributed by atoms with Gasteiger partial charge in [0.15, 0.2) is 5.65 Å². The molecule has 0 spiro atoms. The summed E-state index contributed by atoms with van der Waals surface area (Å²) in [6, 6.07) is 4.11. The molecule has 3 nitrogen and oxygen atoms in total. The van der Waals surface area contributed by atoms with Crippen LogP contribution in [-0.2, 0) is 0 Å². The molecule has 0 amide bonds. The largest absolute Gasteiger partial charge is 0.219 e. The first-order valence-corrected chi connectivity index (χ1v) is 7.20. The second kappa shape index (κ2) is 5.50. The van der Waals surface area contributed by atoms with Gasteiger partial charge in [-0.3, -0.25) is 0 Å². The smallest absolute Gasteiger partial charge is 0.182 e. The Labute approximate surface area is 103 Å². The molecule has 0 atom stereocenters. The third-order valence-electron chi connectivity index (χ3n) is 2.02. The number of hydrogen-bond donors (Lipinski definition) is 0. The van der Waals surface area contributed by atoms with Crippen molar-refractivity contribution in [1.29, 1.82) is 0 Å². The zero-order valence-corrected chi connectivity index (χ0v) is 10.9. The summed E-state index contributed by atoms with van der Waals surface area (Å²) in [7, 11) is 0. The van der Waals surface area contributed by atoms with Crippen LogP contribution in [0.15, 0.2) is 28.3 Å². The molecule has 0 aliphatic heterocycles. The van der Waals surface area contributed by atoms with E-state index in [1.807, 2.05) is 17.8 Å². The number of rotatable bonds is 4. The molecule has 5 heteroatoms. The Morgan fingerprint density at radius 2 is 2.00 bits per heavy atom. The Morgan fingerprint density at radius 1 is 1.19 bits per heavy atom. The van der Waals surface area contributed by atoms with Crippen LogP contribution in [0.1, 0.15) is 13.8 Å². The Morgan fingerprint density at radius 3 is 2.75 bits per heavy atom. The number of aromatic nitrogens is 3. The number of fused-ring (bicyclic) bond motifs is 1. The van der Waals surface area contributed by atoms with E-state index in [4.69, 9.17) is 0 Å². The van der Waals surface area contributed by atoms with E-state index < -0.39 is 0 Å². The lowest BCUT2D eigenvalue weighted by atomic mass is 10.3. The summed E-state index contributed by atoms with van der Waals surface area (Å²) in [5.41, 5.74) is 0.735. The Bertz CT molecular complexity index is 443. The molecule has 0 saturated heterocycles. The maximum Gasteiger partial charge on any atom is 0.182 e. The zero-order valence-electron chi connectivity index (χ0n) is 9.30. The predicted octanol–water partition coefficient (Wildman–Crippen LogP) is 3.25. The molecule has 0 fully saturated rings. The zero-order chi connectivity index (χ0) is 11.4. The van der Waals surface area contributed by atoms with Crippen LogP contribution in [0.3, 0.4) is 0 Å². The van der Waals surface area contributed by atoms with Crippen LogP contribution in [0.2, 0.25) is 0 Å². The molecule has 0 unspecified atom stereocenters. The molecule has 2 heterocycles. The minimum absolute atomic E-state index is 0.735. The van der Waals surface area contributed by atoms with Gasteiger partial charge in [-0.25, -0.2) is 4.98 Å². The molecule has 2 aromatic heterocycles. The minimum atomic E-state index is 0.735. The van der Waals surface area contributed by atoms with Crippen LogP contribution in [0, 0.1) is 0 Å². The highest BCUT2D eigenvalue weighted by Crippen LogP contribution is 2.31. The van der Waals surface area contributed by atoms with Crippen LogP contribution >= 0.6 is 23.5 Å². The summed E-state index contributed by atoms with van der Waals surface area (Å²) in [5.74, 6) is 2.08. The van der Waals surface area contributed by atoms with Gasteiger partial charge in [-0.15, -0.1) is 28.6 Å². The third-order valence-corrected chi connectivity index (χ3v) is 3.93. The number of thioether (sulfide) groups is 2. The number of pyridine rings is 1. The standard InChI is InChI=1S/C11H13N3S2/c1-3-15-9-7-8-5-6-12-14-10(8)13-11(9)16-4-2/h5-7H,3-4H2,1-2H3. The molecule has 2 aromatic rings. The van der Waals surface area contributed by atoms with Gasteiger partial charge in [0.2, 0.25) is 0 Å². The van der Waals surface area contributed by atoms with E-state index in [0.29, 0.717) is 0 Å². The summed E-state index contributed by atoms with van der Waals surface area (Å²) in [6.45, 7) is 4.29. The van der Waals surface area contributed by atoms with E-state index in [1.54, 1.807) is 18.0 Å². The fourth-order valence-electron chi connectivity index (χ4n) is 1.39. The van der Waals surface area contributed by atoms with Crippen molar-refractivity contribution in [2.75, 3.05) is 11.5 Å². The van der Waals surface area contributed by atoms with Gasteiger partial charge in [0, 0.05) is 10.3 Å². The SMILES string of the molecule is CCSc1cc2ccnnc2nc1SCC. The molecule has 0 radical (unpaired) electrons. The normalized spacial score (nSPS) is 10.9. The first kappa shape index (κ1) is 11.7. The summed E-state index contributed by atoms with van der Waals surface area (Å²) < 4.78 is 0. The van der Waals surface area contributed by atoms with E-state index in [-0.39, 0.29) is 0 Å². The minimum Gasteiger partial charge on any atom is -0.219 e. The van der Waals surface area contributed by atoms with Crippen molar-refractivity contribution in [3.63, 3.8) is 0 Å². The first-order valence-electron chi connectivity index (χ1n) is 5.23. The van der Waals surface area contributed by atoms with Gasteiger partial charge in [-0.2, -0.15) is 5.10 Å². The maximum atomic E-state index is 4.55. The van der Waals surface area contributed by atoms with Crippen molar-refractivity contribution in [2.24, 2.45) is 0 Å². The maximum absolute atomic E-state index is 4.55. The predicted molar refractivity (Wildman–Crippen MR) is 70.1 cm³/mol. The summed E-state index contributed by atoms with van der Waals surface area (Å²) >= 11 is 3.58. The molecule has 2 rings (SSSR count).